The van der Waals surface area contributed by atoms with Crippen molar-refractivity contribution in [2.24, 2.45) is 0 Å². The molecular weight excluding hydrogens is 254 g/mol. The van der Waals surface area contributed by atoms with Gasteiger partial charge in [-0.25, -0.2) is 0 Å². The smallest absolute Gasteiger partial charge is 0.0743 e. The Hall–Kier alpha value is -2.67. The Morgan fingerprint density at radius 1 is 0.810 bits per heavy atom. The molecule has 4 rings (SSSR count). The maximum Gasteiger partial charge on any atom is 0.0743 e. The number of rotatable bonds is 2. The van der Waals surface area contributed by atoms with Crippen LogP contribution in [0.25, 0.3) is 16.5 Å². The molecule has 0 radical (unpaired) electrons. The van der Waals surface area contributed by atoms with E-state index in [1.165, 1.54) is 22.1 Å². The lowest BCUT2D eigenvalue weighted by atomic mass is 9.97. The van der Waals surface area contributed by atoms with E-state index < -0.39 is 0 Å². The number of fused-ring (bicyclic) bond motifs is 1. The summed E-state index contributed by atoms with van der Waals surface area (Å²) in [5.74, 6) is 0.304. The molecule has 100 valence electrons. The number of pyridine rings is 1. The largest absolute Gasteiger partial charge is 0.256 e. The lowest BCUT2D eigenvalue weighted by Gasteiger charge is -2.09. The van der Waals surface area contributed by atoms with Crippen LogP contribution in [0.3, 0.4) is 0 Å². The highest BCUT2D eigenvalue weighted by molar-refractivity contribution is 5.85. The molecule has 1 nitrogen and oxygen atoms in total. The van der Waals surface area contributed by atoms with Crippen LogP contribution in [-0.4, -0.2) is 4.98 Å². The van der Waals surface area contributed by atoms with E-state index in [4.69, 9.17) is 0 Å². The standard InChI is InChI=1S/C20H15N/c1-2-6-15(7-3-1)17-11-12-18(14-17)19-10-4-8-16-9-5-13-21-20(16)19/h1-14,18H. The summed E-state index contributed by atoms with van der Waals surface area (Å²) in [7, 11) is 0. The number of benzene rings is 2. The zero-order valence-corrected chi connectivity index (χ0v) is 11.6. The summed E-state index contributed by atoms with van der Waals surface area (Å²) in [5.41, 5.74) is 4.92. The summed E-state index contributed by atoms with van der Waals surface area (Å²) in [6.45, 7) is 0. The second-order valence-corrected chi connectivity index (χ2v) is 5.30. The Balaban J connectivity index is 1.78. The van der Waals surface area contributed by atoms with E-state index in [0.29, 0.717) is 5.92 Å². The van der Waals surface area contributed by atoms with Gasteiger partial charge in [0.1, 0.15) is 0 Å². The molecule has 1 unspecified atom stereocenters. The van der Waals surface area contributed by atoms with Gasteiger partial charge < -0.3 is 0 Å². The van der Waals surface area contributed by atoms with Crippen LogP contribution < -0.4 is 0 Å². The van der Waals surface area contributed by atoms with Crippen molar-refractivity contribution in [3.63, 3.8) is 0 Å². The fourth-order valence-electron chi connectivity index (χ4n) is 2.93. The van der Waals surface area contributed by atoms with Gasteiger partial charge in [0.05, 0.1) is 5.52 Å². The summed E-state index contributed by atoms with van der Waals surface area (Å²) in [4.78, 5) is 4.56. The highest BCUT2D eigenvalue weighted by Gasteiger charge is 2.15. The molecule has 0 saturated carbocycles. The zero-order chi connectivity index (χ0) is 14.1. The summed E-state index contributed by atoms with van der Waals surface area (Å²) >= 11 is 0. The minimum absolute atomic E-state index is 0.304. The van der Waals surface area contributed by atoms with E-state index in [2.05, 4.69) is 77.8 Å². The molecule has 0 spiro atoms. The molecule has 0 aliphatic heterocycles. The first kappa shape index (κ1) is 12.1. The van der Waals surface area contributed by atoms with E-state index in [-0.39, 0.29) is 0 Å². The third-order valence-corrected chi connectivity index (χ3v) is 3.97. The second-order valence-electron chi connectivity index (χ2n) is 5.30. The molecule has 1 aliphatic carbocycles. The average molecular weight is 269 g/mol. The molecule has 0 bridgehead atoms. The maximum absolute atomic E-state index is 4.56. The van der Waals surface area contributed by atoms with Gasteiger partial charge in [0, 0.05) is 17.5 Å². The van der Waals surface area contributed by atoms with Crippen LogP contribution in [0.4, 0.5) is 0 Å². The van der Waals surface area contributed by atoms with Crippen LogP contribution in [-0.2, 0) is 0 Å². The molecule has 0 fully saturated rings. The lowest BCUT2D eigenvalue weighted by molar-refractivity contribution is 1.11. The van der Waals surface area contributed by atoms with Gasteiger partial charge in [-0.1, -0.05) is 72.8 Å². The predicted molar refractivity (Wildman–Crippen MR) is 88.0 cm³/mol. The van der Waals surface area contributed by atoms with Gasteiger partial charge in [0.25, 0.3) is 0 Å². The van der Waals surface area contributed by atoms with Gasteiger partial charge in [-0.05, 0) is 22.8 Å². The van der Waals surface area contributed by atoms with Crippen molar-refractivity contribution in [3.8, 4) is 0 Å². The van der Waals surface area contributed by atoms with Crippen molar-refractivity contribution in [1.82, 2.24) is 4.98 Å². The van der Waals surface area contributed by atoms with Gasteiger partial charge >= 0.3 is 0 Å². The Morgan fingerprint density at radius 2 is 1.67 bits per heavy atom. The molecule has 0 N–H and O–H groups in total. The molecule has 0 saturated heterocycles. The van der Waals surface area contributed by atoms with E-state index in [1.807, 2.05) is 12.3 Å². The van der Waals surface area contributed by atoms with Crippen LogP contribution in [0.2, 0.25) is 0 Å². The molecule has 1 heterocycles. The van der Waals surface area contributed by atoms with Gasteiger partial charge in [-0.15, -0.1) is 0 Å². The molecule has 3 aromatic rings. The maximum atomic E-state index is 4.56. The number of para-hydroxylation sites is 1. The second kappa shape index (κ2) is 5.02. The first-order valence-corrected chi connectivity index (χ1v) is 7.21. The number of hydrogen-bond donors (Lipinski definition) is 0. The van der Waals surface area contributed by atoms with Crippen molar-refractivity contribution in [2.45, 2.75) is 5.92 Å². The topological polar surface area (TPSA) is 12.9 Å². The van der Waals surface area contributed by atoms with E-state index >= 15 is 0 Å². The van der Waals surface area contributed by atoms with Gasteiger partial charge in [-0.3, -0.25) is 4.98 Å². The first-order chi connectivity index (χ1) is 10.4. The van der Waals surface area contributed by atoms with Crippen molar-refractivity contribution < 1.29 is 0 Å². The predicted octanol–water partition coefficient (Wildman–Crippen LogP) is 4.97. The molecule has 1 aromatic heterocycles. The van der Waals surface area contributed by atoms with E-state index in [9.17, 15) is 0 Å². The minimum Gasteiger partial charge on any atom is -0.256 e. The summed E-state index contributed by atoms with van der Waals surface area (Å²) < 4.78 is 0. The molecule has 1 atom stereocenters. The molecule has 21 heavy (non-hydrogen) atoms. The fraction of sp³-hybridized carbons (Fsp3) is 0.0500. The number of allylic oxidation sites excluding steroid dienone is 4. The lowest BCUT2D eigenvalue weighted by Crippen LogP contribution is -1.92. The quantitative estimate of drug-likeness (QED) is 0.640. The van der Waals surface area contributed by atoms with Crippen LogP contribution in [0.15, 0.2) is 85.1 Å². The monoisotopic (exact) mass is 269 g/mol. The molecule has 0 amide bonds. The van der Waals surface area contributed by atoms with Crippen LogP contribution in [0.5, 0.6) is 0 Å². The van der Waals surface area contributed by atoms with Gasteiger partial charge in [0.2, 0.25) is 0 Å². The van der Waals surface area contributed by atoms with Crippen molar-refractivity contribution in [2.75, 3.05) is 0 Å². The highest BCUT2D eigenvalue weighted by Crippen LogP contribution is 2.34. The van der Waals surface area contributed by atoms with Crippen LogP contribution >= 0.6 is 0 Å². The Labute approximate surface area is 124 Å². The molecule has 1 heteroatoms. The van der Waals surface area contributed by atoms with Crippen LogP contribution in [0, 0.1) is 0 Å². The Bertz CT molecular complexity index is 839. The highest BCUT2D eigenvalue weighted by atomic mass is 14.6. The van der Waals surface area contributed by atoms with Gasteiger partial charge in [-0.2, -0.15) is 0 Å². The number of nitrogens with zero attached hydrogens (tertiary/aromatic N) is 1. The summed E-state index contributed by atoms with van der Waals surface area (Å²) in [5, 5.41) is 1.20. The Kier molecular flexibility index (Phi) is 2.89. The van der Waals surface area contributed by atoms with Crippen LogP contribution in [0.1, 0.15) is 17.0 Å². The number of hydrogen-bond acceptors (Lipinski definition) is 1. The number of aromatic nitrogens is 1. The van der Waals surface area contributed by atoms with Gasteiger partial charge in [0.15, 0.2) is 0 Å². The third kappa shape index (κ3) is 2.17. The summed E-state index contributed by atoms with van der Waals surface area (Å²) in [6.07, 6.45) is 8.65. The normalized spacial score (nSPS) is 17.1. The Morgan fingerprint density at radius 3 is 2.57 bits per heavy atom. The minimum atomic E-state index is 0.304. The SMILES string of the molecule is C1=CC(c2cccc3cccnc23)C=C1c1ccccc1. The van der Waals surface area contributed by atoms with E-state index in [1.54, 1.807) is 0 Å². The molecule has 1 aliphatic rings. The average Bonchev–Trinajstić information content (AvgIpc) is 3.05. The van der Waals surface area contributed by atoms with Crippen molar-refractivity contribution in [1.29, 1.82) is 0 Å². The van der Waals surface area contributed by atoms with E-state index in [0.717, 1.165) is 5.52 Å². The zero-order valence-electron chi connectivity index (χ0n) is 11.6. The summed E-state index contributed by atoms with van der Waals surface area (Å²) in [6, 6.07) is 21.0. The molecule has 2 aromatic carbocycles. The molecular formula is C20H15N. The van der Waals surface area contributed by atoms with Crippen molar-refractivity contribution in [3.05, 3.63) is 96.2 Å². The fourth-order valence-corrected chi connectivity index (χ4v) is 2.93. The first-order valence-electron chi connectivity index (χ1n) is 7.21. The third-order valence-electron chi connectivity index (χ3n) is 3.97. The van der Waals surface area contributed by atoms with Crippen molar-refractivity contribution >= 4 is 16.5 Å².